The van der Waals surface area contributed by atoms with Crippen LogP contribution >= 0.6 is 0 Å². The zero-order valence-corrected chi connectivity index (χ0v) is 15.0. The Morgan fingerprint density at radius 1 is 1.04 bits per heavy atom. The number of aryl methyl sites for hydroxylation is 1. The van der Waals surface area contributed by atoms with Gasteiger partial charge in [-0.1, -0.05) is 18.2 Å². The van der Waals surface area contributed by atoms with E-state index >= 15 is 0 Å². The van der Waals surface area contributed by atoms with Gasteiger partial charge in [-0.15, -0.1) is 0 Å². The normalized spacial score (nSPS) is 16.4. The van der Waals surface area contributed by atoms with E-state index in [9.17, 15) is 4.79 Å². The Labute approximate surface area is 143 Å². The van der Waals surface area contributed by atoms with Crippen LogP contribution in [-0.2, 0) is 0 Å². The molecule has 0 radical (unpaired) electrons. The van der Waals surface area contributed by atoms with Crippen molar-refractivity contribution in [3.05, 3.63) is 41.6 Å². The molecule has 3 rings (SSSR count). The average Bonchev–Trinajstić information content (AvgIpc) is 2.91. The second kappa shape index (κ2) is 6.40. The van der Waals surface area contributed by atoms with Gasteiger partial charge in [-0.3, -0.25) is 9.69 Å². The molecule has 1 aromatic heterocycles. The van der Waals surface area contributed by atoms with Gasteiger partial charge in [0.05, 0.1) is 16.9 Å². The van der Waals surface area contributed by atoms with Gasteiger partial charge in [0.1, 0.15) is 5.82 Å². The van der Waals surface area contributed by atoms with Crippen molar-refractivity contribution in [1.29, 1.82) is 0 Å². The van der Waals surface area contributed by atoms with Crippen LogP contribution < -0.4 is 4.90 Å². The number of nitrogens with zero attached hydrogens (tertiary/aromatic N) is 4. The van der Waals surface area contributed by atoms with E-state index in [1.165, 1.54) is 0 Å². The van der Waals surface area contributed by atoms with Crippen LogP contribution in [0.4, 0.5) is 5.82 Å². The zero-order valence-electron chi connectivity index (χ0n) is 15.0. The van der Waals surface area contributed by atoms with Gasteiger partial charge in [0, 0.05) is 31.7 Å². The van der Waals surface area contributed by atoms with E-state index in [0.29, 0.717) is 5.56 Å². The topological polar surface area (TPSA) is 41.4 Å². The number of carbonyl (C=O) groups is 1. The summed E-state index contributed by atoms with van der Waals surface area (Å²) in [5.74, 6) is 0.919. The molecule has 0 saturated carbocycles. The first-order valence-corrected chi connectivity index (χ1v) is 8.52. The van der Waals surface area contributed by atoms with E-state index < -0.39 is 0 Å². The molecular formula is C19H26N4O. The lowest BCUT2D eigenvalue weighted by Crippen LogP contribution is -2.54. The molecule has 0 atom stereocenters. The predicted octanol–water partition coefficient (Wildman–Crippen LogP) is 2.91. The molecule has 24 heavy (non-hydrogen) atoms. The molecule has 5 heteroatoms. The number of aldehydes is 1. The summed E-state index contributed by atoms with van der Waals surface area (Å²) in [5.41, 5.74) is 2.64. The number of rotatable bonds is 3. The maximum absolute atomic E-state index is 11.7. The van der Waals surface area contributed by atoms with E-state index in [1.54, 1.807) is 0 Å². The number of anilines is 1. The molecule has 0 unspecified atom stereocenters. The van der Waals surface area contributed by atoms with E-state index in [1.807, 2.05) is 41.9 Å². The predicted molar refractivity (Wildman–Crippen MR) is 97.2 cm³/mol. The first-order valence-electron chi connectivity index (χ1n) is 8.52. The van der Waals surface area contributed by atoms with Crippen molar-refractivity contribution in [3.8, 4) is 5.69 Å². The molecule has 0 amide bonds. The van der Waals surface area contributed by atoms with Crippen LogP contribution in [0.3, 0.4) is 0 Å². The fourth-order valence-corrected chi connectivity index (χ4v) is 3.31. The van der Waals surface area contributed by atoms with Crippen molar-refractivity contribution in [2.24, 2.45) is 0 Å². The fraction of sp³-hybridized carbons (Fsp3) is 0.474. The Kier molecular flexibility index (Phi) is 4.45. The van der Waals surface area contributed by atoms with Gasteiger partial charge >= 0.3 is 0 Å². The van der Waals surface area contributed by atoms with Gasteiger partial charge in [-0.05, 0) is 39.8 Å². The van der Waals surface area contributed by atoms with Crippen LogP contribution in [0.25, 0.3) is 5.69 Å². The minimum atomic E-state index is 0.176. The fourth-order valence-electron chi connectivity index (χ4n) is 3.31. The molecule has 1 fully saturated rings. The third-order valence-electron chi connectivity index (χ3n) is 4.73. The lowest BCUT2D eigenvalue weighted by molar-refractivity contribution is 0.112. The van der Waals surface area contributed by atoms with Crippen LogP contribution in [0.1, 0.15) is 36.8 Å². The number of carbonyl (C=O) groups excluding carboxylic acids is 1. The molecule has 1 aliphatic heterocycles. The Hall–Kier alpha value is -2.14. The van der Waals surface area contributed by atoms with Crippen molar-refractivity contribution >= 4 is 12.1 Å². The summed E-state index contributed by atoms with van der Waals surface area (Å²) in [6.07, 6.45) is 0.938. The standard InChI is InChI=1S/C19H26N4O/c1-15-17(14-24)18(23(20-15)16-8-6-5-7-9-16)21-10-12-22(13-11-21)19(2,3)4/h5-9,14H,10-13H2,1-4H3. The molecular weight excluding hydrogens is 300 g/mol. The third kappa shape index (κ3) is 3.08. The third-order valence-corrected chi connectivity index (χ3v) is 4.73. The first-order chi connectivity index (χ1) is 11.4. The number of para-hydroxylation sites is 1. The summed E-state index contributed by atoms with van der Waals surface area (Å²) < 4.78 is 1.91. The highest BCUT2D eigenvalue weighted by Crippen LogP contribution is 2.28. The van der Waals surface area contributed by atoms with Gasteiger partial charge in [0.25, 0.3) is 0 Å². The molecule has 0 spiro atoms. The number of benzene rings is 1. The van der Waals surface area contributed by atoms with Gasteiger partial charge in [-0.25, -0.2) is 4.68 Å². The molecule has 5 nitrogen and oxygen atoms in total. The van der Waals surface area contributed by atoms with Crippen LogP contribution in [0, 0.1) is 6.92 Å². The average molecular weight is 326 g/mol. The quantitative estimate of drug-likeness (QED) is 0.813. The summed E-state index contributed by atoms with van der Waals surface area (Å²) in [4.78, 5) is 16.4. The largest absolute Gasteiger partial charge is 0.353 e. The monoisotopic (exact) mass is 326 g/mol. The Morgan fingerprint density at radius 3 is 2.21 bits per heavy atom. The zero-order chi connectivity index (χ0) is 17.3. The molecule has 128 valence electrons. The lowest BCUT2D eigenvalue weighted by atomic mass is 10.0. The van der Waals surface area contributed by atoms with Crippen molar-refractivity contribution in [3.63, 3.8) is 0 Å². The SMILES string of the molecule is Cc1nn(-c2ccccc2)c(N2CCN(C(C)(C)C)CC2)c1C=O. The van der Waals surface area contributed by atoms with Crippen molar-refractivity contribution in [1.82, 2.24) is 14.7 Å². The molecule has 1 aliphatic rings. The smallest absolute Gasteiger partial charge is 0.155 e. The molecule has 1 aromatic carbocycles. The summed E-state index contributed by atoms with van der Waals surface area (Å²) in [5, 5.41) is 4.62. The van der Waals surface area contributed by atoms with Crippen LogP contribution in [-0.4, -0.2) is 52.7 Å². The second-order valence-corrected chi connectivity index (χ2v) is 7.33. The molecule has 0 N–H and O–H groups in total. The van der Waals surface area contributed by atoms with Gasteiger partial charge in [0.2, 0.25) is 0 Å². The lowest BCUT2D eigenvalue weighted by Gasteiger charge is -2.43. The van der Waals surface area contributed by atoms with Gasteiger partial charge in [0.15, 0.2) is 6.29 Å². The molecule has 1 saturated heterocycles. The van der Waals surface area contributed by atoms with E-state index in [2.05, 4.69) is 35.7 Å². The number of piperazine rings is 1. The number of hydrogen-bond acceptors (Lipinski definition) is 4. The minimum Gasteiger partial charge on any atom is -0.353 e. The number of aromatic nitrogens is 2. The maximum Gasteiger partial charge on any atom is 0.155 e. The van der Waals surface area contributed by atoms with Crippen molar-refractivity contribution in [2.45, 2.75) is 33.2 Å². The maximum atomic E-state index is 11.7. The minimum absolute atomic E-state index is 0.176. The Bertz CT molecular complexity index is 707. The molecule has 0 bridgehead atoms. The van der Waals surface area contributed by atoms with E-state index in [0.717, 1.165) is 49.7 Å². The van der Waals surface area contributed by atoms with Gasteiger partial charge in [-0.2, -0.15) is 5.10 Å². The summed E-state index contributed by atoms with van der Waals surface area (Å²) >= 11 is 0. The summed E-state index contributed by atoms with van der Waals surface area (Å²) in [6.45, 7) is 12.4. The summed E-state index contributed by atoms with van der Waals surface area (Å²) in [6, 6.07) is 10.0. The molecule has 2 aromatic rings. The van der Waals surface area contributed by atoms with Gasteiger partial charge < -0.3 is 4.90 Å². The Morgan fingerprint density at radius 2 is 1.67 bits per heavy atom. The molecule has 0 aliphatic carbocycles. The summed E-state index contributed by atoms with van der Waals surface area (Å²) in [7, 11) is 0. The highest BCUT2D eigenvalue weighted by molar-refractivity contribution is 5.85. The second-order valence-electron chi connectivity index (χ2n) is 7.33. The van der Waals surface area contributed by atoms with E-state index in [4.69, 9.17) is 0 Å². The number of hydrogen-bond donors (Lipinski definition) is 0. The Balaban J connectivity index is 1.95. The van der Waals surface area contributed by atoms with E-state index in [-0.39, 0.29) is 5.54 Å². The highest BCUT2D eigenvalue weighted by Gasteiger charge is 2.29. The van der Waals surface area contributed by atoms with Crippen LogP contribution in [0.5, 0.6) is 0 Å². The van der Waals surface area contributed by atoms with Crippen molar-refractivity contribution in [2.75, 3.05) is 31.1 Å². The molecule has 2 heterocycles. The van der Waals surface area contributed by atoms with Crippen molar-refractivity contribution < 1.29 is 4.79 Å². The van der Waals surface area contributed by atoms with Crippen LogP contribution in [0.15, 0.2) is 30.3 Å². The van der Waals surface area contributed by atoms with Crippen LogP contribution in [0.2, 0.25) is 0 Å². The highest BCUT2D eigenvalue weighted by atomic mass is 16.1. The first kappa shape index (κ1) is 16.7.